The van der Waals surface area contributed by atoms with Gasteiger partial charge in [0.15, 0.2) is 0 Å². The van der Waals surface area contributed by atoms with Crippen LogP contribution in [-0.2, 0) is 29.5 Å². The summed E-state index contributed by atoms with van der Waals surface area (Å²) in [5.41, 5.74) is 4.48. The van der Waals surface area contributed by atoms with Gasteiger partial charge in [0, 0.05) is 66.5 Å². The van der Waals surface area contributed by atoms with Gasteiger partial charge in [-0.15, -0.1) is 0 Å². The second kappa shape index (κ2) is 11.8. The number of sulfonamides is 1. The Hall–Kier alpha value is -2.73. The van der Waals surface area contributed by atoms with Crippen LogP contribution in [0.4, 0.5) is 10.5 Å². The minimum Gasteiger partial charge on any atom is -0.390 e. The summed E-state index contributed by atoms with van der Waals surface area (Å²) in [5, 5.41) is 10.4. The van der Waals surface area contributed by atoms with Gasteiger partial charge in [-0.1, -0.05) is 24.3 Å². The summed E-state index contributed by atoms with van der Waals surface area (Å²) >= 11 is 0. The third kappa shape index (κ3) is 6.37. The van der Waals surface area contributed by atoms with E-state index in [0.717, 1.165) is 30.9 Å². The molecule has 5 rings (SSSR count). The predicted molar refractivity (Wildman–Crippen MR) is 151 cm³/mol. The van der Waals surface area contributed by atoms with E-state index >= 15 is 0 Å². The predicted octanol–water partition coefficient (Wildman–Crippen LogP) is 1.60. The molecule has 0 radical (unpaired) electrons. The Kier molecular flexibility index (Phi) is 8.41. The van der Waals surface area contributed by atoms with E-state index in [2.05, 4.69) is 39.0 Å². The van der Waals surface area contributed by atoms with Gasteiger partial charge in [-0.05, 0) is 42.5 Å². The highest BCUT2D eigenvalue weighted by molar-refractivity contribution is 7.89. The highest BCUT2D eigenvalue weighted by Crippen LogP contribution is 2.25. The molecular formula is C28H40N6O4S. The zero-order valence-electron chi connectivity index (χ0n) is 22.9. The van der Waals surface area contributed by atoms with Crippen molar-refractivity contribution in [3.05, 3.63) is 59.4 Å². The van der Waals surface area contributed by atoms with Crippen LogP contribution in [0.1, 0.15) is 29.7 Å². The molecule has 4 heterocycles. The molecule has 2 aromatic rings. The number of pyridine rings is 1. The van der Waals surface area contributed by atoms with Gasteiger partial charge in [0.25, 0.3) is 0 Å². The van der Waals surface area contributed by atoms with Crippen molar-refractivity contribution in [1.82, 2.24) is 24.0 Å². The molecule has 0 bridgehead atoms. The number of amides is 2. The SMILES string of the molecule is CN(C)S(=O)(=O)C1CCN(c2ccc(CN3CCN(C[C@H](O)CN4CCc5ccccc5C4)C3=O)nc2)CC1. The smallest absolute Gasteiger partial charge is 0.320 e. The zero-order chi connectivity index (χ0) is 27.6. The number of aliphatic hydroxyl groups is 1. The molecule has 1 atom stereocenters. The lowest BCUT2D eigenvalue weighted by Gasteiger charge is -2.34. The van der Waals surface area contributed by atoms with E-state index in [-0.39, 0.29) is 11.3 Å². The fourth-order valence-electron chi connectivity index (χ4n) is 5.87. The third-order valence-electron chi connectivity index (χ3n) is 8.19. The number of fused-ring (bicyclic) bond motifs is 1. The Balaban J connectivity index is 1.08. The number of rotatable bonds is 9. The summed E-state index contributed by atoms with van der Waals surface area (Å²) in [5.74, 6) is 0. The van der Waals surface area contributed by atoms with E-state index in [9.17, 15) is 18.3 Å². The lowest BCUT2D eigenvalue weighted by Crippen LogP contribution is -2.43. The van der Waals surface area contributed by atoms with Crippen LogP contribution in [-0.4, -0.2) is 115 Å². The summed E-state index contributed by atoms with van der Waals surface area (Å²) < 4.78 is 26.2. The maximum atomic E-state index is 13.0. The number of nitrogens with zero attached hydrogens (tertiary/aromatic N) is 6. The quantitative estimate of drug-likeness (QED) is 0.501. The first-order valence-electron chi connectivity index (χ1n) is 13.8. The van der Waals surface area contributed by atoms with Crippen molar-refractivity contribution >= 4 is 21.7 Å². The highest BCUT2D eigenvalue weighted by Gasteiger charge is 2.33. The fourth-order valence-corrected chi connectivity index (χ4v) is 7.27. The van der Waals surface area contributed by atoms with Gasteiger partial charge >= 0.3 is 6.03 Å². The van der Waals surface area contributed by atoms with Crippen LogP contribution in [0.3, 0.4) is 0 Å². The largest absolute Gasteiger partial charge is 0.390 e. The maximum Gasteiger partial charge on any atom is 0.320 e. The molecule has 0 spiro atoms. The molecule has 11 heteroatoms. The van der Waals surface area contributed by atoms with E-state index in [1.54, 1.807) is 23.9 Å². The van der Waals surface area contributed by atoms with Crippen molar-refractivity contribution in [2.45, 2.75) is 43.7 Å². The van der Waals surface area contributed by atoms with Gasteiger partial charge in [0.1, 0.15) is 0 Å². The van der Waals surface area contributed by atoms with Gasteiger partial charge in [-0.2, -0.15) is 0 Å². The molecular weight excluding hydrogens is 516 g/mol. The van der Waals surface area contributed by atoms with E-state index in [4.69, 9.17) is 0 Å². The fraction of sp³-hybridized carbons (Fsp3) is 0.571. The molecule has 0 aliphatic carbocycles. The second-order valence-electron chi connectivity index (χ2n) is 11.1. The molecule has 2 amide bonds. The summed E-state index contributed by atoms with van der Waals surface area (Å²) in [7, 11) is -0.0520. The maximum absolute atomic E-state index is 13.0. The Bertz CT molecular complexity index is 1250. The highest BCUT2D eigenvalue weighted by atomic mass is 32.2. The number of β-amino-alcohol motifs (C(OH)–C–C–N with tert-alkyl or cyclic N) is 1. The van der Waals surface area contributed by atoms with Gasteiger partial charge in [-0.25, -0.2) is 17.5 Å². The number of carbonyl (C=O) groups is 1. The number of carbonyl (C=O) groups excluding carboxylic acids is 1. The van der Waals surface area contributed by atoms with E-state index in [0.29, 0.717) is 58.7 Å². The van der Waals surface area contributed by atoms with Crippen molar-refractivity contribution in [2.24, 2.45) is 0 Å². The molecule has 10 nitrogen and oxygen atoms in total. The molecule has 1 aromatic carbocycles. The zero-order valence-corrected chi connectivity index (χ0v) is 23.8. The molecule has 39 heavy (non-hydrogen) atoms. The van der Waals surface area contributed by atoms with Crippen molar-refractivity contribution in [2.75, 3.05) is 64.8 Å². The summed E-state index contributed by atoms with van der Waals surface area (Å²) in [6.45, 7) is 5.62. The van der Waals surface area contributed by atoms with Gasteiger partial charge in [0.05, 0.1) is 35.5 Å². The second-order valence-corrected chi connectivity index (χ2v) is 13.5. The standard InChI is InChI=1S/C28H40N6O4S/c1-30(2)39(37,38)27-10-13-32(14-11-27)25-8-7-24(29-17-25)19-33-15-16-34(28(33)36)21-26(35)20-31-12-9-22-5-3-4-6-23(22)18-31/h3-8,17,26-27,35H,9-16,18-21H2,1-2H3/t26-/m1/s1. The Morgan fingerprint density at radius 1 is 0.974 bits per heavy atom. The normalized spacial score (nSPS) is 20.1. The Morgan fingerprint density at radius 3 is 2.38 bits per heavy atom. The molecule has 212 valence electrons. The lowest BCUT2D eigenvalue weighted by molar-refractivity contribution is 0.0812. The number of piperidine rings is 1. The molecule has 3 aliphatic rings. The number of aromatic nitrogens is 1. The number of aliphatic hydroxyl groups excluding tert-OH is 1. The van der Waals surface area contributed by atoms with Crippen LogP contribution in [0, 0.1) is 0 Å². The number of hydrogen-bond acceptors (Lipinski definition) is 7. The topological polar surface area (TPSA) is 101 Å². The van der Waals surface area contributed by atoms with Gasteiger partial charge in [0.2, 0.25) is 10.0 Å². The minimum absolute atomic E-state index is 0.0620. The summed E-state index contributed by atoms with van der Waals surface area (Å²) in [4.78, 5) is 25.6. The number of urea groups is 1. The molecule has 1 N–H and O–H groups in total. The molecule has 0 unspecified atom stereocenters. The van der Waals surface area contributed by atoms with Crippen LogP contribution in [0.15, 0.2) is 42.6 Å². The van der Waals surface area contributed by atoms with Crippen molar-refractivity contribution < 1.29 is 18.3 Å². The van der Waals surface area contributed by atoms with Crippen molar-refractivity contribution in [3.8, 4) is 0 Å². The Labute approximate surface area is 231 Å². The molecule has 3 aliphatic heterocycles. The van der Waals surface area contributed by atoms with Crippen molar-refractivity contribution in [1.29, 1.82) is 0 Å². The molecule has 2 saturated heterocycles. The molecule has 2 fully saturated rings. The van der Waals surface area contributed by atoms with Crippen LogP contribution < -0.4 is 4.90 Å². The van der Waals surface area contributed by atoms with Gasteiger partial charge < -0.3 is 19.8 Å². The first-order chi connectivity index (χ1) is 18.7. The Morgan fingerprint density at radius 2 is 1.69 bits per heavy atom. The van der Waals surface area contributed by atoms with E-state index < -0.39 is 16.1 Å². The molecule has 0 saturated carbocycles. The average Bonchev–Trinajstić information content (AvgIpc) is 3.27. The number of hydrogen-bond donors (Lipinski definition) is 1. The first-order valence-corrected chi connectivity index (χ1v) is 15.3. The van der Waals surface area contributed by atoms with Crippen LogP contribution in [0.25, 0.3) is 0 Å². The van der Waals surface area contributed by atoms with Gasteiger partial charge in [-0.3, -0.25) is 9.88 Å². The minimum atomic E-state index is -3.23. The van der Waals surface area contributed by atoms with Crippen molar-refractivity contribution in [3.63, 3.8) is 0 Å². The lowest BCUT2D eigenvalue weighted by atomic mass is 10.00. The van der Waals surface area contributed by atoms with E-state index in [1.165, 1.54) is 15.4 Å². The van der Waals surface area contributed by atoms with Crippen LogP contribution in [0.2, 0.25) is 0 Å². The third-order valence-corrected chi connectivity index (χ3v) is 10.5. The van der Waals surface area contributed by atoms with E-state index in [1.807, 2.05) is 18.3 Å². The van der Waals surface area contributed by atoms with Crippen LogP contribution in [0.5, 0.6) is 0 Å². The summed E-state index contributed by atoms with van der Waals surface area (Å²) in [6.07, 6.45) is 3.40. The first kappa shape index (κ1) is 27.8. The summed E-state index contributed by atoms with van der Waals surface area (Å²) in [6, 6.07) is 12.3. The monoisotopic (exact) mass is 556 g/mol. The average molecular weight is 557 g/mol. The number of benzene rings is 1. The number of anilines is 1. The molecule has 1 aromatic heterocycles. The van der Waals surface area contributed by atoms with Crippen LogP contribution >= 0.6 is 0 Å².